The van der Waals surface area contributed by atoms with E-state index in [4.69, 9.17) is 4.74 Å². The first-order valence-electron chi connectivity index (χ1n) is 6.04. The van der Waals surface area contributed by atoms with E-state index in [1.165, 1.54) is 30.0 Å². The number of nitrogens with one attached hydrogen (secondary N) is 1. The van der Waals surface area contributed by atoms with Gasteiger partial charge in [0.05, 0.1) is 18.6 Å². The fraction of sp³-hybridized carbons (Fsp3) is 0.231. The molecule has 8 nitrogen and oxygen atoms in total. The Kier molecular flexibility index (Phi) is 3.88. The summed E-state index contributed by atoms with van der Waals surface area (Å²) < 4.78 is 6.19. The Morgan fingerprint density at radius 2 is 2.10 bits per heavy atom. The second kappa shape index (κ2) is 5.61. The molecule has 2 rings (SSSR count). The molecule has 0 aliphatic heterocycles. The van der Waals surface area contributed by atoms with E-state index in [-0.39, 0.29) is 18.0 Å². The lowest BCUT2D eigenvalue weighted by Crippen LogP contribution is -2.31. The van der Waals surface area contributed by atoms with Crippen LogP contribution in [0.1, 0.15) is 11.1 Å². The third-order valence-electron chi connectivity index (χ3n) is 2.98. The normalized spacial score (nSPS) is 10.4. The number of rotatable bonds is 4. The van der Waals surface area contributed by atoms with E-state index in [1.807, 2.05) is 0 Å². The topological polar surface area (TPSA) is 107 Å². The van der Waals surface area contributed by atoms with Gasteiger partial charge in [-0.3, -0.25) is 24.5 Å². The Labute approximate surface area is 118 Å². The van der Waals surface area contributed by atoms with Gasteiger partial charge in [0.25, 0.3) is 5.56 Å². The van der Waals surface area contributed by atoms with Crippen LogP contribution in [0.2, 0.25) is 0 Å². The molecule has 0 fully saturated rings. The van der Waals surface area contributed by atoms with Crippen molar-refractivity contribution >= 4 is 5.69 Å². The lowest BCUT2D eigenvalue weighted by atomic mass is 10.2. The van der Waals surface area contributed by atoms with Crippen molar-refractivity contribution in [2.75, 3.05) is 7.11 Å². The van der Waals surface area contributed by atoms with Crippen LogP contribution in [0, 0.1) is 17.0 Å². The second-order valence-electron chi connectivity index (χ2n) is 4.46. The zero-order chi connectivity index (χ0) is 15.6. The molecule has 110 valence electrons. The van der Waals surface area contributed by atoms with Crippen LogP contribution in [-0.4, -0.2) is 21.6 Å². The van der Waals surface area contributed by atoms with Crippen molar-refractivity contribution in [3.05, 3.63) is 66.5 Å². The molecule has 0 spiro atoms. The van der Waals surface area contributed by atoms with Crippen LogP contribution in [0.25, 0.3) is 0 Å². The smallest absolute Gasteiger partial charge is 0.328 e. The molecule has 0 saturated heterocycles. The van der Waals surface area contributed by atoms with E-state index >= 15 is 0 Å². The molecule has 21 heavy (non-hydrogen) atoms. The zero-order valence-electron chi connectivity index (χ0n) is 11.5. The molecule has 1 aromatic carbocycles. The second-order valence-corrected chi connectivity index (χ2v) is 4.46. The Morgan fingerprint density at radius 3 is 2.71 bits per heavy atom. The number of aromatic amines is 1. The Balaban J connectivity index is 2.43. The predicted molar refractivity (Wildman–Crippen MR) is 74.8 cm³/mol. The van der Waals surface area contributed by atoms with Crippen LogP contribution in [0.4, 0.5) is 5.69 Å². The van der Waals surface area contributed by atoms with Crippen LogP contribution < -0.4 is 16.0 Å². The highest BCUT2D eigenvalue weighted by molar-refractivity contribution is 5.48. The van der Waals surface area contributed by atoms with Crippen molar-refractivity contribution < 1.29 is 9.66 Å². The molecular weight excluding hydrogens is 278 g/mol. The number of nitro benzene ring substituents is 1. The Hall–Kier alpha value is -2.90. The average Bonchev–Trinajstić information content (AvgIpc) is 2.44. The number of hydrogen-bond donors (Lipinski definition) is 1. The van der Waals surface area contributed by atoms with Crippen molar-refractivity contribution in [3.8, 4) is 5.75 Å². The lowest BCUT2D eigenvalue weighted by Gasteiger charge is -2.07. The molecule has 0 saturated carbocycles. The molecule has 0 amide bonds. The van der Waals surface area contributed by atoms with Crippen molar-refractivity contribution in [1.29, 1.82) is 0 Å². The monoisotopic (exact) mass is 291 g/mol. The Bertz CT molecular complexity index is 806. The first kappa shape index (κ1) is 14.5. The van der Waals surface area contributed by atoms with Gasteiger partial charge in [-0.05, 0) is 18.6 Å². The summed E-state index contributed by atoms with van der Waals surface area (Å²) in [6, 6.07) is 4.43. The molecule has 2 aromatic rings. The molecule has 0 radical (unpaired) electrons. The summed E-state index contributed by atoms with van der Waals surface area (Å²) in [6.45, 7) is 1.69. The van der Waals surface area contributed by atoms with Gasteiger partial charge in [0.1, 0.15) is 0 Å². The number of methoxy groups -OCH3 is 1. The number of nitro groups is 1. The number of H-pyrrole nitrogens is 1. The number of hydrogen-bond acceptors (Lipinski definition) is 5. The third kappa shape index (κ3) is 2.99. The maximum Gasteiger partial charge on any atom is 0.328 e. The fourth-order valence-corrected chi connectivity index (χ4v) is 1.91. The van der Waals surface area contributed by atoms with Crippen molar-refractivity contribution in [3.63, 3.8) is 0 Å². The van der Waals surface area contributed by atoms with Gasteiger partial charge in [0.15, 0.2) is 5.75 Å². The van der Waals surface area contributed by atoms with E-state index in [1.54, 1.807) is 13.0 Å². The first-order chi connectivity index (χ1) is 9.92. The van der Waals surface area contributed by atoms with Gasteiger partial charge in [0, 0.05) is 17.8 Å². The van der Waals surface area contributed by atoms with Crippen LogP contribution in [0.5, 0.6) is 5.75 Å². The molecule has 0 aliphatic rings. The largest absolute Gasteiger partial charge is 0.490 e. The van der Waals surface area contributed by atoms with Gasteiger partial charge in [-0.1, -0.05) is 6.07 Å². The standard InChI is InChI=1S/C13H13N3O5/c1-8-6-15(13(18)14-12(8)17)7-9-3-4-11(21-2)10(5-9)16(19)20/h3-6H,7H2,1-2H3,(H,14,17,18). The van der Waals surface area contributed by atoms with E-state index in [0.717, 1.165) is 0 Å². The van der Waals surface area contributed by atoms with Crippen LogP contribution in [-0.2, 0) is 6.54 Å². The van der Waals surface area contributed by atoms with Gasteiger partial charge in [-0.15, -0.1) is 0 Å². The van der Waals surface area contributed by atoms with Crippen molar-refractivity contribution in [1.82, 2.24) is 9.55 Å². The van der Waals surface area contributed by atoms with E-state index in [9.17, 15) is 19.7 Å². The number of benzene rings is 1. The lowest BCUT2D eigenvalue weighted by molar-refractivity contribution is -0.385. The third-order valence-corrected chi connectivity index (χ3v) is 2.98. The molecule has 1 heterocycles. The Morgan fingerprint density at radius 1 is 1.38 bits per heavy atom. The molecule has 0 bridgehead atoms. The quantitative estimate of drug-likeness (QED) is 0.662. The maximum atomic E-state index is 11.7. The summed E-state index contributed by atoms with van der Waals surface area (Å²) in [6.07, 6.45) is 1.41. The van der Waals surface area contributed by atoms with E-state index in [2.05, 4.69) is 4.98 Å². The summed E-state index contributed by atoms with van der Waals surface area (Å²) in [7, 11) is 1.35. The maximum absolute atomic E-state index is 11.7. The van der Waals surface area contributed by atoms with E-state index < -0.39 is 16.2 Å². The number of aryl methyl sites for hydroxylation is 1. The highest BCUT2D eigenvalue weighted by Crippen LogP contribution is 2.27. The number of ether oxygens (including phenoxy) is 1. The molecule has 1 N–H and O–H groups in total. The first-order valence-corrected chi connectivity index (χ1v) is 6.04. The average molecular weight is 291 g/mol. The summed E-state index contributed by atoms with van der Waals surface area (Å²) in [5, 5.41) is 11.0. The van der Waals surface area contributed by atoms with Crippen LogP contribution in [0.3, 0.4) is 0 Å². The zero-order valence-corrected chi connectivity index (χ0v) is 11.5. The summed E-state index contributed by atoms with van der Waals surface area (Å²) in [5.74, 6) is 0.147. The number of nitrogens with zero attached hydrogens (tertiary/aromatic N) is 2. The van der Waals surface area contributed by atoms with Crippen molar-refractivity contribution in [2.24, 2.45) is 0 Å². The van der Waals surface area contributed by atoms with Gasteiger partial charge in [0.2, 0.25) is 0 Å². The molecule has 0 aliphatic carbocycles. The van der Waals surface area contributed by atoms with Crippen molar-refractivity contribution in [2.45, 2.75) is 13.5 Å². The fourth-order valence-electron chi connectivity index (χ4n) is 1.91. The summed E-state index contributed by atoms with van der Waals surface area (Å²) in [4.78, 5) is 35.6. The minimum atomic E-state index is -0.566. The van der Waals surface area contributed by atoms with Crippen LogP contribution in [0.15, 0.2) is 34.0 Å². The van der Waals surface area contributed by atoms with Gasteiger partial charge >= 0.3 is 11.4 Å². The van der Waals surface area contributed by atoms with E-state index in [0.29, 0.717) is 11.1 Å². The summed E-state index contributed by atoms with van der Waals surface area (Å²) >= 11 is 0. The molecule has 0 atom stereocenters. The highest BCUT2D eigenvalue weighted by Gasteiger charge is 2.15. The predicted octanol–water partition coefficient (Wildman–Crippen LogP) is 0.810. The molecular formula is C13H13N3O5. The summed E-state index contributed by atoms with van der Waals surface area (Å²) in [5.41, 5.74) is -0.251. The molecule has 0 unspecified atom stereocenters. The molecule has 1 aromatic heterocycles. The van der Waals surface area contributed by atoms with Crippen LogP contribution >= 0.6 is 0 Å². The van der Waals surface area contributed by atoms with Gasteiger partial charge in [-0.2, -0.15) is 0 Å². The van der Waals surface area contributed by atoms with Gasteiger partial charge in [-0.25, -0.2) is 4.79 Å². The SMILES string of the molecule is COc1ccc(Cn2cc(C)c(=O)[nH]c2=O)cc1[N+](=O)[O-]. The minimum Gasteiger partial charge on any atom is -0.490 e. The number of aromatic nitrogens is 2. The molecule has 8 heteroatoms. The minimum absolute atomic E-state index is 0.112. The van der Waals surface area contributed by atoms with Gasteiger partial charge < -0.3 is 4.74 Å². The highest BCUT2D eigenvalue weighted by atomic mass is 16.6.